The van der Waals surface area contributed by atoms with Crippen LogP contribution in [-0.4, -0.2) is 23.0 Å². The van der Waals surface area contributed by atoms with Gasteiger partial charge in [-0.1, -0.05) is 36.7 Å². The molecular weight excluding hydrogens is 378 g/mol. The highest BCUT2D eigenvalue weighted by molar-refractivity contribution is 9.11. The number of rotatable bonds is 3. The number of carboxylic acids is 1. The van der Waals surface area contributed by atoms with Gasteiger partial charge in [0, 0.05) is 8.95 Å². The van der Waals surface area contributed by atoms with E-state index in [9.17, 15) is 14.7 Å². The Morgan fingerprint density at radius 3 is 2.26 bits per heavy atom. The molecule has 0 heterocycles. The average Bonchev–Trinajstić information content (AvgIpc) is 2.23. The van der Waals surface area contributed by atoms with E-state index in [0.717, 1.165) is 4.47 Å². The van der Waals surface area contributed by atoms with Crippen LogP contribution < -0.4 is 5.32 Å². The minimum absolute atomic E-state index is 0.402. The molecular formula is C13H15Br2NO3. The van der Waals surface area contributed by atoms with Crippen molar-refractivity contribution < 1.29 is 14.7 Å². The molecule has 1 aromatic rings. The number of benzene rings is 1. The van der Waals surface area contributed by atoms with Crippen LogP contribution in [0.1, 0.15) is 31.1 Å². The number of aliphatic carboxylic acids is 1. The van der Waals surface area contributed by atoms with Crippen molar-refractivity contribution in [1.29, 1.82) is 0 Å². The zero-order valence-corrected chi connectivity index (χ0v) is 14.0. The molecule has 0 fully saturated rings. The molecule has 0 bridgehead atoms. The van der Waals surface area contributed by atoms with Crippen molar-refractivity contribution in [2.24, 2.45) is 5.41 Å². The number of halogens is 2. The molecule has 0 aromatic heterocycles. The van der Waals surface area contributed by atoms with Crippen molar-refractivity contribution in [3.63, 3.8) is 0 Å². The van der Waals surface area contributed by atoms with Crippen molar-refractivity contribution in [2.75, 3.05) is 0 Å². The summed E-state index contributed by atoms with van der Waals surface area (Å²) in [6.07, 6.45) is 0. The summed E-state index contributed by atoms with van der Waals surface area (Å²) in [5.41, 5.74) is -0.165. The lowest BCUT2D eigenvalue weighted by Crippen LogP contribution is -2.49. The van der Waals surface area contributed by atoms with Crippen LogP contribution in [0.4, 0.5) is 0 Å². The van der Waals surface area contributed by atoms with Gasteiger partial charge in [-0.2, -0.15) is 0 Å². The van der Waals surface area contributed by atoms with Gasteiger partial charge < -0.3 is 10.4 Å². The van der Waals surface area contributed by atoms with Gasteiger partial charge in [-0.25, -0.2) is 4.79 Å². The fourth-order valence-corrected chi connectivity index (χ4v) is 2.76. The Labute approximate surface area is 128 Å². The van der Waals surface area contributed by atoms with Gasteiger partial charge in [0.25, 0.3) is 5.91 Å². The Hall–Kier alpha value is -0.880. The Morgan fingerprint density at radius 2 is 1.84 bits per heavy atom. The number of carbonyl (C=O) groups is 2. The molecule has 104 valence electrons. The molecule has 4 nitrogen and oxygen atoms in total. The van der Waals surface area contributed by atoms with Gasteiger partial charge in [-0.15, -0.1) is 0 Å². The number of hydrogen-bond acceptors (Lipinski definition) is 2. The van der Waals surface area contributed by atoms with Crippen LogP contribution in [0.25, 0.3) is 0 Å². The highest BCUT2D eigenvalue weighted by Crippen LogP contribution is 2.24. The molecule has 1 aromatic carbocycles. The van der Waals surface area contributed by atoms with Crippen LogP contribution in [0.5, 0.6) is 0 Å². The topological polar surface area (TPSA) is 66.4 Å². The third-order valence-corrected chi connectivity index (χ3v) is 3.71. The van der Waals surface area contributed by atoms with Crippen LogP contribution in [0.3, 0.4) is 0 Å². The van der Waals surface area contributed by atoms with Crippen molar-refractivity contribution in [1.82, 2.24) is 5.32 Å². The fraction of sp³-hybridized carbons (Fsp3) is 0.385. The van der Waals surface area contributed by atoms with Gasteiger partial charge in [0.2, 0.25) is 0 Å². The zero-order chi connectivity index (χ0) is 14.8. The van der Waals surface area contributed by atoms with E-state index in [-0.39, 0.29) is 0 Å². The summed E-state index contributed by atoms with van der Waals surface area (Å²) < 4.78 is 1.44. The highest BCUT2D eigenvalue weighted by Gasteiger charge is 2.33. The fourth-order valence-electron chi connectivity index (χ4n) is 1.53. The summed E-state index contributed by atoms with van der Waals surface area (Å²) in [4.78, 5) is 23.3. The maximum atomic E-state index is 12.1. The molecule has 1 rings (SSSR count). The van der Waals surface area contributed by atoms with Gasteiger partial charge in [0.1, 0.15) is 6.04 Å². The summed E-state index contributed by atoms with van der Waals surface area (Å²) in [5, 5.41) is 11.7. The van der Waals surface area contributed by atoms with Gasteiger partial charge in [-0.05, 0) is 39.5 Å². The Morgan fingerprint density at radius 1 is 1.26 bits per heavy atom. The summed E-state index contributed by atoms with van der Waals surface area (Å²) >= 11 is 6.58. The largest absolute Gasteiger partial charge is 0.480 e. The lowest BCUT2D eigenvalue weighted by atomic mass is 9.86. The molecule has 0 aliphatic rings. The summed E-state index contributed by atoms with van der Waals surface area (Å²) in [6, 6.07) is 4.15. The Bertz CT molecular complexity index is 509. The molecule has 0 spiro atoms. The molecule has 0 aliphatic heterocycles. The summed E-state index contributed by atoms with van der Waals surface area (Å²) in [5.74, 6) is -1.46. The predicted molar refractivity (Wildman–Crippen MR) is 80.2 cm³/mol. The summed E-state index contributed by atoms with van der Waals surface area (Å²) in [7, 11) is 0. The first-order chi connectivity index (χ1) is 8.62. The lowest BCUT2D eigenvalue weighted by molar-refractivity contribution is -0.142. The minimum atomic E-state index is -1.05. The molecule has 1 atom stereocenters. The normalized spacial score (nSPS) is 12.9. The molecule has 1 amide bonds. The molecule has 0 radical (unpaired) electrons. The lowest BCUT2D eigenvalue weighted by Gasteiger charge is -2.27. The van der Waals surface area contributed by atoms with Gasteiger partial charge in [-0.3, -0.25) is 4.79 Å². The van der Waals surface area contributed by atoms with Crippen molar-refractivity contribution in [3.05, 3.63) is 32.7 Å². The Kier molecular flexibility index (Phi) is 5.15. The third-order valence-electron chi connectivity index (χ3n) is 2.56. The van der Waals surface area contributed by atoms with E-state index in [1.807, 2.05) is 0 Å². The van der Waals surface area contributed by atoms with E-state index in [1.54, 1.807) is 39.0 Å². The maximum Gasteiger partial charge on any atom is 0.326 e. The standard InChI is InChI=1S/C13H15Br2NO3/c1-13(2,3)10(12(18)19)16-11(17)8-5-4-7(14)6-9(8)15/h4-6,10H,1-3H3,(H,16,17)(H,18,19)/t10-/m0/s1. The molecule has 19 heavy (non-hydrogen) atoms. The van der Waals surface area contributed by atoms with Gasteiger partial charge in [0.15, 0.2) is 0 Å². The second-order valence-electron chi connectivity index (χ2n) is 5.23. The van der Waals surface area contributed by atoms with E-state index in [4.69, 9.17) is 0 Å². The smallest absolute Gasteiger partial charge is 0.326 e. The van der Waals surface area contributed by atoms with E-state index in [1.165, 1.54) is 0 Å². The van der Waals surface area contributed by atoms with Crippen LogP contribution in [-0.2, 0) is 4.79 Å². The first kappa shape index (κ1) is 16.2. The van der Waals surface area contributed by atoms with Crippen LogP contribution in [0.15, 0.2) is 27.1 Å². The minimum Gasteiger partial charge on any atom is -0.480 e. The zero-order valence-electron chi connectivity index (χ0n) is 10.8. The molecule has 0 unspecified atom stereocenters. The number of hydrogen-bond donors (Lipinski definition) is 2. The van der Waals surface area contributed by atoms with Crippen LogP contribution in [0.2, 0.25) is 0 Å². The number of carbonyl (C=O) groups excluding carboxylic acids is 1. The molecule has 0 aliphatic carbocycles. The van der Waals surface area contributed by atoms with Gasteiger partial charge >= 0.3 is 5.97 Å². The van der Waals surface area contributed by atoms with Crippen molar-refractivity contribution in [2.45, 2.75) is 26.8 Å². The van der Waals surface area contributed by atoms with Crippen molar-refractivity contribution >= 4 is 43.7 Å². The molecule has 0 saturated heterocycles. The summed E-state index contributed by atoms with van der Waals surface area (Å²) in [6.45, 7) is 5.30. The average molecular weight is 393 g/mol. The van der Waals surface area contributed by atoms with E-state index < -0.39 is 23.3 Å². The Balaban J connectivity index is 2.98. The quantitative estimate of drug-likeness (QED) is 0.827. The number of nitrogens with one attached hydrogen (secondary N) is 1. The van der Waals surface area contributed by atoms with Crippen molar-refractivity contribution in [3.8, 4) is 0 Å². The monoisotopic (exact) mass is 391 g/mol. The number of amides is 1. The van der Waals surface area contributed by atoms with Crippen LogP contribution >= 0.6 is 31.9 Å². The predicted octanol–water partition coefficient (Wildman–Crippen LogP) is 3.44. The second kappa shape index (κ2) is 6.05. The molecule has 0 saturated carbocycles. The second-order valence-corrected chi connectivity index (χ2v) is 7.00. The number of carboxylic acid groups (broad SMARTS) is 1. The third kappa shape index (κ3) is 4.31. The van der Waals surface area contributed by atoms with Gasteiger partial charge in [0.05, 0.1) is 5.56 Å². The first-order valence-electron chi connectivity index (χ1n) is 5.61. The van der Waals surface area contributed by atoms with E-state index in [2.05, 4.69) is 37.2 Å². The van der Waals surface area contributed by atoms with E-state index >= 15 is 0 Å². The maximum absolute atomic E-state index is 12.1. The molecule has 6 heteroatoms. The SMILES string of the molecule is CC(C)(C)[C@@H](NC(=O)c1ccc(Br)cc1Br)C(=O)O. The molecule has 2 N–H and O–H groups in total. The highest BCUT2D eigenvalue weighted by atomic mass is 79.9. The first-order valence-corrected chi connectivity index (χ1v) is 7.20. The van der Waals surface area contributed by atoms with E-state index in [0.29, 0.717) is 10.0 Å². The van der Waals surface area contributed by atoms with Crippen LogP contribution in [0, 0.1) is 5.41 Å².